The fourth-order valence-corrected chi connectivity index (χ4v) is 10.8. The number of alkyl halides is 2. The Morgan fingerprint density at radius 2 is 1.51 bits per heavy atom. The van der Waals surface area contributed by atoms with Crippen molar-refractivity contribution in [1.82, 2.24) is 35.3 Å². The molecule has 0 aliphatic carbocycles. The molecule has 2 aliphatic rings. The van der Waals surface area contributed by atoms with Gasteiger partial charge in [-0.05, 0) is 80.0 Å². The topological polar surface area (TPSA) is 190 Å². The summed E-state index contributed by atoms with van der Waals surface area (Å²) < 4.78 is 43.3. The molecule has 15 nitrogen and oxygen atoms in total. The van der Waals surface area contributed by atoms with Gasteiger partial charge in [-0.2, -0.15) is 8.78 Å². The number of carbonyl (C=O) groups excluding carboxylic acids is 4. The van der Waals surface area contributed by atoms with E-state index in [0.29, 0.717) is 22.9 Å². The van der Waals surface area contributed by atoms with Crippen molar-refractivity contribution in [3.8, 4) is 32.3 Å². The van der Waals surface area contributed by atoms with Gasteiger partial charge >= 0.3 is 18.0 Å². The maximum absolute atomic E-state index is 15.7. The van der Waals surface area contributed by atoms with Crippen LogP contribution in [-0.4, -0.2) is 97.1 Å². The molecule has 70 heavy (non-hydrogen) atoms. The van der Waals surface area contributed by atoms with Crippen LogP contribution in [0.4, 0.5) is 8.78 Å². The molecule has 1 fully saturated rings. The first kappa shape index (κ1) is 49.7. The summed E-state index contributed by atoms with van der Waals surface area (Å²) >= 11 is 3.12. The largest absolute Gasteiger partial charge is 0.482 e. The van der Waals surface area contributed by atoms with Gasteiger partial charge in [-0.25, -0.2) is 4.98 Å². The van der Waals surface area contributed by atoms with Gasteiger partial charge in [0.15, 0.2) is 5.82 Å². The van der Waals surface area contributed by atoms with Gasteiger partial charge < -0.3 is 30.1 Å². The normalized spacial score (nSPS) is 17.7. The van der Waals surface area contributed by atoms with E-state index in [0.717, 1.165) is 58.7 Å². The van der Waals surface area contributed by atoms with Crippen LogP contribution in [0.15, 0.2) is 83.3 Å². The number of aryl methyl sites for hydroxylation is 3. The van der Waals surface area contributed by atoms with Gasteiger partial charge in [0.25, 0.3) is 0 Å². The second-order valence-corrected chi connectivity index (χ2v) is 20.7. The van der Waals surface area contributed by atoms with Gasteiger partial charge in [-0.15, -0.1) is 32.9 Å². The van der Waals surface area contributed by atoms with Crippen LogP contribution in [0.5, 0.6) is 5.75 Å². The second kappa shape index (κ2) is 19.6. The van der Waals surface area contributed by atoms with E-state index in [9.17, 15) is 24.3 Å². The number of aliphatic hydroxyl groups is 1. The van der Waals surface area contributed by atoms with Gasteiger partial charge in [0, 0.05) is 29.0 Å². The first-order chi connectivity index (χ1) is 33.1. The molecular weight excluding hydrogens is 939 g/mol. The lowest BCUT2D eigenvalue weighted by Crippen LogP contribution is -2.60. The Morgan fingerprint density at radius 1 is 0.886 bits per heavy atom. The number of aliphatic imine (C=N–C) groups is 1. The number of carbonyl (C=O) groups is 4. The molecule has 19 heteroatoms. The van der Waals surface area contributed by atoms with Crippen molar-refractivity contribution in [3.05, 3.63) is 123 Å². The molecule has 8 rings (SSSR count). The number of β-amino-alcohol motifs (C(OH)–C–C–N with tert-alkyl or cyclic N) is 1. The maximum Gasteiger partial charge on any atom is 0.482 e. The smallest absolute Gasteiger partial charge is 0.469 e. The molecule has 366 valence electrons. The Bertz CT molecular complexity index is 2980. The van der Waals surface area contributed by atoms with Crippen molar-refractivity contribution in [2.75, 3.05) is 13.7 Å². The fraction of sp³-hybridized carbons (Fsp3) is 0.373. The fourth-order valence-electron chi connectivity index (χ4n) is 8.73. The summed E-state index contributed by atoms with van der Waals surface area (Å²) in [5, 5.41) is 25.4. The molecule has 0 saturated carbocycles. The monoisotopic (exact) mass is 992 g/mol. The van der Waals surface area contributed by atoms with Crippen LogP contribution >= 0.6 is 22.7 Å². The van der Waals surface area contributed by atoms with Crippen LogP contribution in [0.1, 0.15) is 97.1 Å². The first-order valence-corrected chi connectivity index (χ1v) is 24.4. The summed E-state index contributed by atoms with van der Waals surface area (Å²) in [6.45, 7) is 14.2. The van der Waals surface area contributed by atoms with Crippen molar-refractivity contribution in [3.63, 3.8) is 0 Å². The number of esters is 1. The van der Waals surface area contributed by atoms with Crippen molar-refractivity contribution < 1.29 is 42.5 Å². The summed E-state index contributed by atoms with van der Waals surface area (Å²) in [4.78, 5) is 66.5. The number of thiophene rings is 1. The molecule has 0 bridgehead atoms. The van der Waals surface area contributed by atoms with Gasteiger partial charge in [0.05, 0.1) is 47.5 Å². The van der Waals surface area contributed by atoms with Gasteiger partial charge in [-0.3, -0.25) is 28.7 Å². The molecule has 0 unspecified atom stereocenters. The van der Waals surface area contributed by atoms with Crippen molar-refractivity contribution in [2.45, 2.75) is 105 Å². The summed E-state index contributed by atoms with van der Waals surface area (Å²) in [6, 6.07) is 17.2. The highest BCUT2D eigenvalue weighted by molar-refractivity contribution is 7.15. The average Bonchev–Trinajstić information content (AvgIpc) is 4.09. The number of ether oxygens (including phenoxy) is 2. The summed E-state index contributed by atoms with van der Waals surface area (Å²) in [5.41, 5.74) is 8.22. The predicted octanol–water partition coefficient (Wildman–Crippen LogP) is 8.15. The van der Waals surface area contributed by atoms with E-state index in [-0.39, 0.29) is 25.1 Å². The number of halogens is 2. The summed E-state index contributed by atoms with van der Waals surface area (Å²) in [5.74, 6) is -2.72. The minimum atomic E-state index is -4.41. The van der Waals surface area contributed by atoms with Crippen molar-refractivity contribution >= 4 is 52.1 Å². The third-order valence-corrected chi connectivity index (χ3v) is 14.9. The number of benzene rings is 3. The minimum absolute atomic E-state index is 0.0378. The number of aliphatic hydroxyl groups excluding tert-OH is 1. The van der Waals surface area contributed by atoms with Crippen LogP contribution in [0.25, 0.3) is 26.6 Å². The standard InChI is InChI=1S/C51H54F2N8O7S2/c1-26-29(4)70-48-41(26)42(56-38(23-40(63)67-9)45-59-58-30(5)61(45)48)34-14-12-32(13-15-34)33-18-20-37(21-19-33)68-51(52,53)49(66)57-44(50(6,7)8)47(65)60-24-36(62)22-39(60)46(64)55-27(2)31-10-16-35(17-11-31)43-28(3)54-25-69-43/h10-21,25,27,36,38-39,44,62H,22-24H2,1-9H3,(H,55,64)(H,57,66)/t27-,36+,38-,39-,44+/m0/s1. The Morgan fingerprint density at radius 3 is 2.13 bits per heavy atom. The number of methoxy groups -OCH3 is 1. The number of rotatable bonds is 13. The Labute approximate surface area is 412 Å². The molecular formula is C51H54F2N8O7S2. The molecule has 0 spiro atoms. The zero-order valence-electron chi connectivity index (χ0n) is 40.2. The highest BCUT2D eigenvalue weighted by atomic mass is 32.1. The predicted molar refractivity (Wildman–Crippen MR) is 262 cm³/mol. The Balaban J connectivity index is 0.937. The number of hydrogen-bond acceptors (Lipinski definition) is 13. The second-order valence-electron chi connectivity index (χ2n) is 18.7. The van der Waals surface area contributed by atoms with Crippen LogP contribution in [0.2, 0.25) is 0 Å². The molecule has 3 amide bonds. The highest BCUT2D eigenvalue weighted by Gasteiger charge is 2.49. The first-order valence-electron chi connectivity index (χ1n) is 22.7. The minimum Gasteiger partial charge on any atom is -0.469 e. The number of nitrogens with zero attached hydrogens (tertiary/aromatic N) is 6. The maximum atomic E-state index is 15.7. The van der Waals surface area contributed by atoms with Crippen LogP contribution in [-0.2, 0) is 23.9 Å². The SMILES string of the molecule is COC(=O)C[C@@H]1N=C(c2ccc(-c3ccc(OC(F)(F)C(=O)N[C@H](C(=O)N4C[C@H](O)C[C@H]4C(=O)N[C@@H](C)c4ccc(-c5scnc5C)cc4)C(C)(C)C)cc3)cc2)c2c(sc(C)c2C)-n2c(C)nnc21. The Hall–Kier alpha value is -6.70. The molecule has 5 atom stereocenters. The van der Waals surface area contributed by atoms with Crippen molar-refractivity contribution in [1.29, 1.82) is 0 Å². The summed E-state index contributed by atoms with van der Waals surface area (Å²) in [6.07, 6.45) is -5.58. The third-order valence-electron chi connectivity index (χ3n) is 12.7. The number of hydrogen-bond donors (Lipinski definition) is 3. The van der Waals surface area contributed by atoms with Crippen LogP contribution in [0.3, 0.4) is 0 Å². The van der Waals surface area contributed by atoms with Gasteiger partial charge in [0.1, 0.15) is 34.7 Å². The molecule has 6 aromatic rings. The van der Waals surface area contributed by atoms with E-state index in [4.69, 9.17) is 14.5 Å². The van der Waals surface area contributed by atoms with Crippen LogP contribution in [0, 0.1) is 33.1 Å². The highest BCUT2D eigenvalue weighted by Crippen LogP contribution is 2.40. The number of likely N-dealkylation sites (tertiary alicyclic amines) is 1. The zero-order chi connectivity index (χ0) is 50.4. The molecule has 2 aliphatic heterocycles. The number of nitrogens with one attached hydrogen (secondary N) is 2. The average molecular weight is 993 g/mol. The van der Waals surface area contributed by atoms with E-state index in [2.05, 4.69) is 25.8 Å². The summed E-state index contributed by atoms with van der Waals surface area (Å²) in [7, 11) is 1.33. The molecule has 1 saturated heterocycles. The molecule has 5 heterocycles. The van der Waals surface area contributed by atoms with E-state index in [1.165, 1.54) is 30.6 Å². The lowest BCUT2D eigenvalue weighted by atomic mass is 9.85. The number of amides is 3. The third kappa shape index (κ3) is 10.00. The number of thiazole rings is 1. The number of aromatic nitrogens is 4. The molecule has 0 radical (unpaired) electrons. The van der Waals surface area contributed by atoms with E-state index >= 15 is 8.78 Å². The molecule has 3 aromatic carbocycles. The quantitative estimate of drug-likeness (QED) is 0.0953. The Kier molecular flexibility index (Phi) is 13.9. The van der Waals surface area contributed by atoms with Crippen molar-refractivity contribution in [2.24, 2.45) is 10.4 Å². The van der Waals surface area contributed by atoms with E-state index in [1.54, 1.807) is 56.7 Å². The van der Waals surface area contributed by atoms with E-state index in [1.807, 2.05) is 80.8 Å². The zero-order valence-corrected chi connectivity index (χ0v) is 41.8. The molecule has 3 aromatic heterocycles. The van der Waals surface area contributed by atoms with Crippen LogP contribution < -0.4 is 15.4 Å². The van der Waals surface area contributed by atoms with Gasteiger partial charge in [0.2, 0.25) is 11.8 Å². The van der Waals surface area contributed by atoms with Gasteiger partial charge in [-0.1, -0.05) is 81.4 Å². The van der Waals surface area contributed by atoms with E-state index < -0.39 is 65.5 Å². The lowest BCUT2D eigenvalue weighted by Gasteiger charge is -2.36. The number of fused-ring (bicyclic) bond motifs is 3. The molecule has 3 N–H and O–H groups in total. The lowest BCUT2D eigenvalue weighted by molar-refractivity contribution is -0.194.